The molecule has 19 heavy (non-hydrogen) atoms. The van der Waals surface area contributed by atoms with Crippen LogP contribution in [-0.2, 0) is 4.74 Å². The second-order valence-corrected chi connectivity index (χ2v) is 5.92. The molecule has 4 heteroatoms. The van der Waals surface area contributed by atoms with E-state index in [1.54, 1.807) is 7.11 Å². The maximum Gasteiger partial charge on any atom is 0.133 e. The number of halogens is 1. The molecule has 0 aromatic heterocycles. The van der Waals surface area contributed by atoms with E-state index in [1.165, 1.54) is 5.56 Å². The minimum atomic E-state index is 0.345. The van der Waals surface area contributed by atoms with E-state index in [0.29, 0.717) is 18.1 Å². The molecule has 1 fully saturated rings. The highest BCUT2D eigenvalue weighted by Crippen LogP contribution is 2.35. The molecular formula is C15H22BrNO2. The summed E-state index contributed by atoms with van der Waals surface area (Å²) in [5.74, 6) is 1.41. The molecule has 1 heterocycles. The minimum absolute atomic E-state index is 0.345. The van der Waals surface area contributed by atoms with E-state index < -0.39 is 0 Å². The lowest BCUT2D eigenvalue weighted by atomic mass is 9.91. The van der Waals surface area contributed by atoms with Crippen molar-refractivity contribution in [1.29, 1.82) is 0 Å². The Morgan fingerprint density at radius 2 is 2.32 bits per heavy atom. The van der Waals surface area contributed by atoms with Gasteiger partial charge in [-0.25, -0.2) is 0 Å². The van der Waals surface area contributed by atoms with Crippen molar-refractivity contribution in [3.8, 4) is 5.75 Å². The first-order valence-electron chi connectivity index (χ1n) is 6.84. The van der Waals surface area contributed by atoms with Crippen LogP contribution in [0.3, 0.4) is 0 Å². The molecule has 106 valence electrons. The highest BCUT2D eigenvalue weighted by molar-refractivity contribution is 9.10. The van der Waals surface area contributed by atoms with E-state index in [1.807, 2.05) is 6.07 Å². The first-order valence-corrected chi connectivity index (χ1v) is 7.63. The monoisotopic (exact) mass is 327 g/mol. The van der Waals surface area contributed by atoms with E-state index in [-0.39, 0.29) is 0 Å². The molecule has 1 aromatic carbocycles. The van der Waals surface area contributed by atoms with Crippen LogP contribution in [-0.4, -0.2) is 26.4 Å². The zero-order chi connectivity index (χ0) is 13.8. The molecule has 1 aliphatic rings. The van der Waals surface area contributed by atoms with Crippen molar-refractivity contribution in [1.82, 2.24) is 5.32 Å². The third-order valence-electron chi connectivity index (χ3n) is 3.66. The van der Waals surface area contributed by atoms with Gasteiger partial charge in [-0.1, -0.05) is 13.0 Å². The van der Waals surface area contributed by atoms with Crippen molar-refractivity contribution in [2.75, 3.05) is 20.3 Å². The van der Waals surface area contributed by atoms with Crippen molar-refractivity contribution in [3.63, 3.8) is 0 Å². The van der Waals surface area contributed by atoms with Gasteiger partial charge in [0.15, 0.2) is 0 Å². The Hall–Kier alpha value is -0.580. The highest BCUT2D eigenvalue weighted by atomic mass is 79.9. The normalized spacial score (nSPS) is 24.4. The van der Waals surface area contributed by atoms with Gasteiger partial charge >= 0.3 is 0 Å². The third-order valence-corrected chi connectivity index (χ3v) is 4.28. The number of rotatable bonds is 5. The molecule has 0 spiro atoms. The summed E-state index contributed by atoms with van der Waals surface area (Å²) >= 11 is 3.56. The Morgan fingerprint density at radius 3 is 2.84 bits per heavy atom. The summed E-state index contributed by atoms with van der Waals surface area (Å²) in [6.07, 6.45) is 1.48. The van der Waals surface area contributed by atoms with Crippen molar-refractivity contribution in [3.05, 3.63) is 28.2 Å². The second kappa shape index (κ2) is 6.73. The number of hydrogen-bond donors (Lipinski definition) is 1. The van der Waals surface area contributed by atoms with E-state index in [4.69, 9.17) is 9.47 Å². The van der Waals surface area contributed by atoms with Gasteiger partial charge in [-0.15, -0.1) is 0 Å². The standard InChI is InChI=1S/C15H22BrNO2/c1-4-17-15(12-7-10(2)19-9-12)11-5-6-14(18-3)13(16)8-11/h5-6,8,10,12,15,17H,4,7,9H2,1-3H3. The van der Waals surface area contributed by atoms with Gasteiger partial charge in [0.2, 0.25) is 0 Å². The molecule has 1 aliphatic heterocycles. The third kappa shape index (κ3) is 3.50. The predicted molar refractivity (Wildman–Crippen MR) is 80.6 cm³/mol. The molecule has 1 N–H and O–H groups in total. The first kappa shape index (κ1) is 14.8. The van der Waals surface area contributed by atoms with Crippen molar-refractivity contribution in [2.45, 2.75) is 32.4 Å². The van der Waals surface area contributed by atoms with Crippen molar-refractivity contribution < 1.29 is 9.47 Å². The summed E-state index contributed by atoms with van der Waals surface area (Å²) in [4.78, 5) is 0. The SMILES string of the molecule is CCNC(c1ccc(OC)c(Br)c1)C1COC(C)C1. The summed E-state index contributed by atoms with van der Waals surface area (Å²) in [5, 5.41) is 3.58. The molecule has 3 nitrogen and oxygen atoms in total. The van der Waals surface area contributed by atoms with Gasteiger partial charge in [-0.05, 0) is 53.5 Å². The molecular weight excluding hydrogens is 306 g/mol. The van der Waals surface area contributed by atoms with Gasteiger partial charge in [-0.3, -0.25) is 0 Å². The fraction of sp³-hybridized carbons (Fsp3) is 0.600. The summed E-state index contributed by atoms with van der Waals surface area (Å²) in [6.45, 7) is 6.08. The Balaban J connectivity index is 2.21. The maximum atomic E-state index is 5.71. The predicted octanol–water partition coefficient (Wildman–Crippen LogP) is 3.53. The van der Waals surface area contributed by atoms with Crippen LogP contribution in [0.4, 0.5) is 0 Å². The average Bonchev–Trinajstić information content (AvgIpc) is 2.82. The van der Waals surface area contributed by atoms with E-state index >= 15 is 0 Å². The molecule has 0 saturated carbocycles. The van der Waals surface area contributed by atoms with Gasteiger partial charge < -0.3 is 14.8 Å². The highest BCUT2D eigenvalue weighted by Gasteiger charge is 2.30. The number of methoxy groups -OCH3 is 1. The molecule has 0 aliphatic carbocycles. The zero-order valence-corrected chi connectivity index (χ0v) is 13.4. The number of ether oxygens (including phenoxy) is 2. The van der Waals surface area contributed by atoms with Crippen LogP contribution in [0, 0.1) is 5.92 Å². The molecule has 3 atom stereocenters. The van der Waals surface area contributed by atoms with Crippen LogP contribution in [0.5, 0.6) is 5.75 Å². The number of nitrogens with one attached hydrogen (secondary N) is 1. The van der Waals surface area contributed by atoms with E-state index in [9.17, 15) is 0 Å². The van der Waals surface area contributed by atoms with Gasteiger partial charge in [0.1, 0.15) is 5.75 Å². The Bertz CT molecular complexity index is 425. The lowest BCUT2D eigenvalue weighted by molar-refractivity contribution is 0.117. The van der Waals surface area contributed by atoms with Crippen LogP contribution in [0.1, 0.15) is 31.9 Å². The largest absolute Gasteiger partial charge is 0.496 e. The molecule has 3 unspecified atom stereocenters. The number of benzene rings is 1. The number of hydrogen-bond acceptors (Lipinski definition) is 3. The molecule has 2 rings (SSSR count). The Morgan fingerprint density at radius 1 is 1.53 bits per heavy atom. The Kier molecular flexibility index (Phi) is 5.25. The van der Waals surface area contributed by atoms with Crippen molar-refractivity contribution in [2.24, 2.45) is 5.92 Å². The van der Waals surface area contributed by atoms with Gasteiger partial charge in [0.25, 0.3) is 0 Å². The van der Waals surface area contributed by atoms with Crippen LogP contribution in [0.2, 0.25) is 0 Å². The lowest BCUT2D eigenvalue weighted by Gasteiger charge is -2.24. The molecule has 0 amide bonds. The second-order valence-electron chi connectivity index (χ2n) is 5.07. The van der Waals surface area contributed by atoms with Crippen LogP contribution in [0.15, 0.2) is 22.7 Å². The van der Waals surface area contributed by atoms with E-state index in [2.05, 4.69) is 47.2 Å². The summed E-state index contributed by atoms with van der Waals surface area (Å²) in [5.41, 5.74) is 1.29. The minimum Gasteiger partial charge on any atom is -0.496 e. The Labute approximate surface area is 123 Å². The van der Waals surface area contributed by atoms with Gasteiger partial charge in [-0.2, -0.15) is 0 Å². The summed E-state index contributed by atoms with van der Waals surface area (Å²) in [6, 6.07) is 6.65. The van der Waals surface area contributed by atoms with Crippen LogP contribution >= 0.6 is 15.9 Å². The average molecular weight is 328 g/mol. The van der Waals surface area contributed by atoms with Crippen LogP contribution < -0.4 is 10.1 Å². The molecule has 0 bridgehead atoms. The zero-order valence-electron chi connectivity index (χ0n) is 11.8. The maximum absolute atomic E-state index is 5.71. The fourth-order valence-corrected chi connectivity index (χ4v) is 3.29. The molecule has 1 aromatic rings. The fourth-order valence-electron chi connectivity index (χ4n) is 2.74. The molecule has 1 saturated heterocycles. The topological polar surface area (TPSA) is 30.5 Å². The van der Waals surface area contributed by atoms with E-state index in [0.717, 1.165) is 29.8 Å². The van der Waals surface area contributed by atoms with Crippen molar-refractivity contribution >= 4 is 15.9 Å². The summed E-state index contributed by atoms with van der Waals surface area (Å²) < 4.78 is 12.0. The van der Waals surface area contributed by atoms with Crippen LogP contribution in [0.25, 0.3) is 0 Å². The smallest absolute Gasteiger partial charge is 0.133 e. The first-order chi connectivity index (χ1) is 9.15. The molecule has 0 radical (unpaired) electrons. The summed E-state index contributed by atoms with van der Waals surface area (Å²) in [7, 11) is 1.69. The van der Waals surface area contributed by atoms with Gasteiger partial charge in [0, 0.05) is 12.0 Å². The van der Waals surface area contributed by atoms with Gasteiger partial charge in [0.05, 0.1) is 24.3 Å². The lowest BCUT2D eigenvalue weighted by Crippen LogP contribution is -2.28. The quantitative estimate of drug-likeness (QED) is 0.897.